The summed E-state index contributed by atoms with van der Waals surface area (Å²) in [5, 5.41) is 11.5. The van der Waals surface area contributed by atoms with Crippen molar-refractivity contribution in [2.75, 3.05) is 6.54 Å². The van der Waals surface area contributed by atoms with E-state index in [1.807, 2.05) is 6.54 Å². The van der Waals surface area contributed by atoms with Gasteiger partial charge in [-0.2, -0.15) is 0 Å². The van der Waals surface area contributed by atoms with E-state index in [1.165, 1.54) is 0 Å². The largest absolute Gasteiger partial charge is 0.392 e. The minimum Gasteiger partial charge on any atom is -0.392 e. The molecule has 0 aromatic heterocycles. The molecule has 0 aromatic carbocycles. The third-order valence-electron chi connectivity index (χ3n) is 0.888. The molecular formula is C4H8NO. The molecule has 6 heavy (non-hydrogen) atoms. The highest BCUT2D eigenvalue weighted by molar-refractivity contribution is 4.78. The van der Waals surface area contributed by atoms with Crippen LogP contribution in [0.15, 0.2) is 0 Å². The van der Waals surface area contributed by atoms with Crippen LogP contribution < -0.4 is 5.32 Å². The number of aliphatic hydroxyl groups is 1. The first kappa shape index (κ1) is 4.09. The molecule has 0 amide bonds. The Morgan fingerprint density at radius 3 is 2.83 bits per heavy atom. The molecule has 1 aliphatic rings. The van der Waals surface area contributed by atoms with Crippen molar-refractivity contribution < 1.29 is 5.11 Å². The lowest BCUT2D eigenvalue weighted by atomic mass is 10.3. The third kappa shape index (κ3) is 0.698. The molecular weight excluding hydrogens is 78.0 g/mol. The maximum atomic E-state index is 8.64. The van der Waals surface area contributed by atoms with E-state index in [9.17, 15) is 0 Å². The van der Waals surface area contributed by atoms with Gasteiger partial charge in [0, 0.05) is 13.1 Å². The summed E-state index contributed by atoms with van der Waals surface area (Å²) >= 11 is 0. The molecule has 1 atom stereocenters. The van der Waals surface area contributed by atoms with Crippen molar-refractivity contribution in [3.8, 4) is 0 Å². The Morgan fingerprint density at radius 1 is 1.83 bits per heavy atom. The summed E-state index contributed by atoms with van der Waals surface area (Å²) < 4.78 is 0. The molecule has 2 N–H and O–H groups in total. The Balaban J connectivity index is 2.18. The van der Waals surface area contributed by atoms with Crippen LogP contribution in [0.4, 0.5) is 0 Å². The van der Waals surface area contributed by atoms with Crippen LogP contribution in [0.1, 0.15) is 6.42 Å². The standard InChI is InChI=1S/C4H8NO/c6-4-1-2-5-3-4/h2,4-6H,1,3H2/t4-/m0/s1. The Hall–Kier alpha value is -0.0800. The van der Waals surface area contributed by atoms with E-state index >= 15 is 0 Å². The molecule has 0 saturated carbocycles. The average Bonchev–Trinajstić information content (AvgIpc) is 1.86. The summed E-state index contributed by atoms with van der Waals surface area (Å²) in [6, 6.07) is 0. The number of aliphatic hydroxyl groups excluding tert-OH is 1. The number of hydrogen-bond donors (Lipinski definition) is 2. The van der Waals surface area contributed by atoms with Gasteiger partial charge in [-0.1, -0.05) is 0 Å². The smallest absolute Gasteiger partial charge is 0.0680 e. The van der Waals surface area contributed by atoms with Crippen molar-refractivity contribution >= 4 is 0 Å². The van der Waals surface area contributed by atoms with E-state index in [2.05, 4.69) is 5.32 Å². The molecule has 0 spiro atoms. The van der Waals surface area contributed by atoms with Gasteiger partial charge in [-0.05, 0) is 6.42 Å². The molecule has 1 radical (unpaired) electrons. The maximum Gasteiger partial charge on any atom is 0.0680 e. The van der Waals surface area contributed by atoms with Gasteiger partial charge in [0.2, 0.25) is 0 Å². The zero-order chi connectivity index (χ0) is 4.41. The van der Waals surface area contributed by atoms with E-state index < -0.39 is 0 Å². The fraction of sp³-hybridized carbons (Fsp3) is 0.750. The van der Waals surface area contributed by atoms with Gasteiger partial charge in [-0.25, -0.2) is 0 Å². The van der Waals surface area contributed by atoms with Gasteiger partial charge in [-0.3, -0.25) is 0 Å². The summed E-state index contributed by atoms with van der Waals surface area (Å²) in [4.78, 5) is 0. The molecule has 35 valence electrons. The van der Waals surface area contributed by atoms with E-state index in [1.54, 1.807) is 0 Å². The topological polar surface area (TPSA) is 32.3 Å². The second-order valence-electron chi connectivity index (χ2n) is 1.50. The third-order valence-corrected chi connectivity index (χ3v) is 0.888. The summed E-state index contributed by atoms with van der Waals surface area (Å²) in [5.41, 5.74) is 0. The number of rotatable bonds is 0. The molecule has 1 saturated heterocycles. The van der Waals surface area contributed by atoms with Crippen molar-refractivity contribution in [3.05, 3.63) is 6.54 Å². The Labute approximate surface area is 37.2 Å². The van der Waals surface area contributed by atoms with E-state index in [0.29, 0.717) is 0 Å². The van der Waals surface area contributed by atoms with Gasteiger partial charge in [0.25, 0.3) is 0 Å². The molecule has 2 heteroatoms. The molecule has 0 unspecified atom stereocenters. The summed E-state index contributed by atoms with van der Waals surface area (Å²) in [6.07, 6.45) is 0.685. The Bertz CT molecular complexity index is 40.8. The molecule has 2 nitrogen and oxygen atoms in total. The van der Waals surface area contributed by atoms with Crippen LogP contribution in [-0.4, -0.2) is 17.8 Å². The van der Waals surface area contributed by atoms with Crippen molar-refractivity contribution in [3.63, 3.8) is 0 Å². The molecule has 1 rings (SSSR count). The second kappa shape index (κ2) is 1.58. The SMILES string of the molecule is O[C@H]1C[CH]NC1. The second-order valence-corrected chi connectivity index (χ2v) is 1.50. The van der Waals surface area contributed by atoms with Gasteiger partial charge in [-0.15, -0.1) is 0 Å². The van der Waals surface area contributed by atoms with Crippen molar-refractivity contribution in [1.29, 1.82) is 0 Å². The molecule has 1 aliphatic heterocycles. The first-order chi connectivity index (χ1) is 2.89. The Morgan fingerprint density at radius 2 is 2.67 bits per heavy atom. The van der Waals surface area contributed by atoms with E-state index in [4.69, 9.17) is 5.11 Å². The van der Waals surface area contributed by atoms with Crippen LogP contribution in [0.5, 0.6) is 0 Å². The first-order valence-electron chi connectivity index (χ1n) is 2.13. The monoisotopic (exact) mass is 86.1 g/mol. The number of nitrogens with one attached hydrogen (secondary N) is 1. The fourth-order valence-corrected chi connectivity index (χ4v) is 0.522. The molecule has 0 aromatic rings. The van der Waals surface area contributed by atoms with Gasteiger partial charge < -0.3 is 10.4 Å². The van der Waals surface area contributed by atoms with Crippen LogP contribution in [0.25, 0.3) is 0 Å². The highest BCUT2D eigenvalue weighted by atomic mass is 16.3. The van der Waals surface area contributed by atoms with Gasteiger partial charge in [0.05, 0.1) is 6.10 Å². The van der Waals surface area contributed by atoms with Crippen LogP contribution in [0.3, 0.4) is 0 Å². The molecule has 0 bridgehead atoms. The summed E-state index contributed by atoms with van der Waals surface area (Å²) in [7, 11) is 0. The Kier molecular flexibility index (Phi) is 1.08. The average molecular weight is 86.1 g/mol. The number of hydrogen-bond acceptors (Lipinski definition) is 2. The fourth-order valence-electron chi connectivity index (χ4n) is 0.522. The lowest BCUT2D eigenvalue weighted by Crippen LogP contribution is -2.10. The van der Waals surface area contributed by atoms with Gasteiger partial charge in [0.15, 0.2) is 0 Å². The molecule has 0 aliphatic carbocycles. The predicted molar refractivity (Wildman–Crippen MR) is 22.9 cm³/mol. The summed E-state index contributed by atoms with van der Waals surface area (Å²) in [5.74, 6) is 0. The lowest BCUT2D eigenvalue weighted by molar-refractivity contribution is 0.198. The molecule has 1 heterocycles. The van der Waals surface area contributed by atoms with E-state index in [0.717, 1.165) is 13.0 Å². The zero-order valence-corrected chi connectivity index (χ0v) is 3.52. The van der Waals surface area contributed by atoms with Crippen molar-refractivity contribution in [2.24, 2.45) is 0 Å². The zero-order valence-electron chi connectivity index (χ0n) is 3.52. The maximum absolute atomic E-state index is 8.64. The number of β-amino-alcohol motifs (C(OH)–C–C–N with tert-alkyl or cyclic N) is 1. The quantitative estimate of drug-likeness (QED) is 0.416. The highest BCUT2D eigenvalue weighted by Gasteiger charge is 2.08. The molecule has 1 fully saturated rings. The van der Waals surface area contributed by atoms with Crippen LogP contribution >= 0.6 is 0 Å². The predicted octanol–water partition coefficient (Wildman–Crippen LogP) is -0.498. The van der Waals surface area contributed by atoms with Crippen molar-refractivity contribution in [2.45, 2.75) is 12.5 Å². The van der Waals surface area contributed by atoms with Crippen LogP contribution in [0.2, 0.25) is 0 Å². The van der Waals surface area contributed by atoms with E-state index in [-0.39, 0.29) is 6.10 Å². The van der Waals surface area contributed by atoms with Crippen LogP contribution in [-0.2, 0) is 0 Å². The lowest BCUT2D eigenvalue weighted by Gasteiger charge is -1.90. The van der Waals surface area contributed by atoms with Crippen molar-refractivity contribution in [1.82, 2.24) is 5.32 Å². The van der Waals surface area contributed by atoms with Gasteiger partial charge in [0.1, 0.15) is 0 Å². The summed E-state index contributed by atoms with van der Waals surface area (Å²) in [6.45, 7) is 2.62. The van der Waals surface area contributed by atoms with Gasteiger partial charge >= 0.3 is 0 Å². The van der Waals surface area contributed by atoms with Crippen LogP contribution in [0, 0.1) is 6.54 Å². The minimum absolute atomic E-state index is 0.120. The minimum atomic E-state index is -0.120. The normalized spacial score (nSPS) is 34.5. The first-order valence-corrected chi connectivity index (χ1v) is 2.13. The highest BCUT2D eigenvalue weighted by Crippen LogP contribution is 1.98.